The number of imide groups is 1. The van der Waals surface area contributed by atoms with Gasteiger partial charge in [0.2, 0.25) is 17.7 Å². The first-order chi connectivity index (χ1) is 9.45. The Labute approximate surface area is 116 Å². The standard InChI is InChI=1S/C14H17N3O3/c1-8(15)13(19)16-11-4-2-9(3-5-11)6-10-7-12(18)17-14(10)20/h2-5,8,10H,6-7,15H2,1H3,(H,16,19)(H,17,18,20)/t8-,10?/m1/s1. The molecule has 1 fully saturated rings. The minimum atomic E-state index is -0.567. The molecule has 1 aromatic carbocycles. The molecule has 3 amide bonds. The van der Waals surface area contributed by atoms with Crippen molar-refractivity contribution < 1.29 is 14.4 Å². The Morgan fingerprint density at radius 3 is 2.55 bits per heavy atom. The summed E-state index contributed by atoms with van der Waals surface area (Å²) in [7, 11) is 0. The van der Waals surface area contributed by atoms with Gasteiger partial charge in [-0.1, -0.05) is 12.1 Å². The van der Waals surface area contributed by atoms with Crippen molar-refractivity contribution >= 4 is 23.4 Å². The summed E-state index contributed by atoms with van der Waals surface area (Å²) in [6.45, 7) is 1.61. The lowest BCUT2D eigenvalue weighted by Gasteiger charge is -2.09. The zero-order valence-electron chi connectivity index (χ0n) is 11.2. The first-order valence-corrected chi connectivity index (χ1v) is 6.45. The highest BCUT2D eigenvalue weighted by Gasteiger charge is 2.30. The van der Waals surface area contributed by atoms with Crippen LogP contribution in [-0.2, 0) is 20.8 Å². The normalized spacial score (nSPS) is 19.6. The summed E-state index contributed by atoms with van der Waals surface area (Å²) in [6, 6.07) is 6.59. The first kappa shape index (κ1) is 14.2. The maximum Gasteiger partial charge on any atom is 0.240 e. The molecule has 0 radical (unpaired) electrons. The van der Waals surface area contributed by atoms with E-state index in [1.807, 2.05) is 12.1 Å². The van der Waals surface area contributed by atoms with E-state index in [1.165, 1.54) is 0 Å². The molecule has 2 rings (SSSR count). The fraction of sp³-hybridized carbons (Fsp3) is 0.357. The lowest BCUT2D eigenvalue weighted by atomic mass is 9.98. The van der Waals surface area contributed by atoms with Crippen molar-refractivity contribution in [2.24, 2.45) is 11.7 Å². The minimum Gasteiger partial charge on any atom is -0.325 e. The number of anilines is 1. The molecule has 1 aliphatic rings. The van der Waals surface area contributed by atoms with Crippen molar-refractivity contribution in [3.63, 3.8) is 0 Å². The molecular formula is C14H17N3O3. The van der Waals surface area contributed by atoms with Crippen molar-refractivity contribution in [2.45, 2.75) is 25.8 Å². The summed E-state index contributed by atoms with van der Waals surface area (Å²) in [6.07, 6.45) is 0.751. The average molecular weight is 275 g/mol. The monoisotopic (exact) mass is 275 g/mol. The van der Waals surface area contributed by atoms with Crippen LogP contribution < -0.4 is 16.4 Å². The Morgan fingerprint density at radius 2 is 2.05 bits per heavy atom. The van der Waals surface area contributed by atoms with Crippen molar-refractivity contribution in [1.82, 2.24) is 5.32 Å². The molecule has 106 valence electrons. The highest BCUT2D eigenvalue weighted by molar-refractivity contribution is 6.03. The van der Waals surface area contributed by atoms with Gasteiger partial charge in [0, 0.05) is 12.1 Å². The number of benzene rings is 1. The molecule has 0 aliphatic carbocycles. The van der Waals surface area contributed by atoms with Gasteiger partial charge in [0.15, 0.2) is 0 Å². The van der Waals surface area contributed by atoms with E-state index in [4.69, 9.17) is 5.73 Å². The molecule has 1 unspecified atom stereocenters. The van der Waals surface area contributed by atoms with Gasteiger partial charge in [-0.3, -0.25) is 19.7 Å². The summed E-state index contributed by atoms with van der Waals surface area (Å²) < 4.78 is 0. The van der Waals surface area contributed by atoms with Crippen LogP contribution in [0.25, 0.3) is 0 Å². The number of rotatable bonds is 4. The molecule has 0 bridgehead atoms. The van der Waals surface area contributed by atoms with E-state index < -0.39 is 6.04 Å². The Kier molecular flexibility index (Phi) is 4.14. The third-order valence-corrected chi connectivity index (χ3v) is 3.18. The molecule has 4 N–H and O–H groups in total. The summed E-state index contributed by atoms with van der Waals surface area (Å²) >= 11 is 0. The molecule has 6 heteroatoms. The van der Waals surface area contributed by atoms with Crippen LogP contribution in [0.2, 0.25) is 0 Å². The van der Waals surface area contributed by atoms with E-state index in [9.17, 15) is 14.4 Å². The van der Waals surface area contributed by atoms with Gasteiger partial charge in [0.25, 0.3) is 0 Å². The van der Waals surface area contributed by atoms with E-state index >= 15 is 0 Å². The average Bonchev–Trinajstić information content (AvgIpc) is 2.70. The molecule has 0 saturated carbocycles. The summed E-state index contributed by atoms with van der Waals surface area (Å²) in [5, 5.41) is 4.97. The second-order valence-electron chi connectivity index (χ2n) is 4.99. The smallest absolute Gasteiger partial charge is 0.240 e. The van der Waals surface area contributed by atoms with E-state index in [0.29, 0.717) is 12.1 Å². The number of carbonyl (C=O) groups is 3. The van der Waals surface area contributed by atoms with Crippen LogP contribution in [0.4, 0.5) is 5.69 Å². The highest BCUT2D eigenvalue weighted by atomic mass is 16.2. The van der Waals surface area contributed by atoms with Gasteiger partial charge < -0.3 is 11.1 Å². The van der Waals surface area contributed by atoms with Gasteiger partial charge in [-0.15, -0.1) is 0 Å². The van der Waals surface area contributed by atoms with Gasteiger partial charge >= 0.3 is 0 Å². The van der Waals surface area contributed by atoms with Crippen LogP contribution in [0, 0.1) is 5.92 Å². The van der Waals surface area contributed by atoms with E-state index in [1.54, 1.807) is 19.1 Å². The predicted molar refractivity (Wildman–Crippen MR) is 73.7 cm³/mol. The summed E-state index contributed by atoms with van der Waals surface area (Å²) in [4.78, 5) is 34.0. The Hall–Kier alpha value is -2.21. The number of nitrogens with two attached hydrogens (primary N) is 1. The third-order valence-electron chi connectivity index (χ3n) is 3.18. The van der Waals surface area contributed by atoms with Crippen LogP contribution >= 0.6 is 0 Å². The predicted octanol–water partition coefficient (Wildman–Crippen LogP) is 0.177. The van der Waals surface area contributed by atoms with Crippen LogP contribution in [0.5, 0.6) is 0 Å². The zero-order chi connectivity index (χ0) is 14.7. The summed E-state index contributed by atoms with van der Waals surface area (Å²) in [5.74, 6) is -0.990. The molecule has 0 spiro atoms. The molecule has 1 aliphatic heterocycles. The second-order valence-corrected chi connectivity index (χ2v) is 4.99. The lowest BCUT2D eigenvalue weighted by Crippen LogP contribution is -2.32. The third kappa shape index (κ3) is 3.42. The first-order valence-electron chi connectivity index (χ1n) is 6.45. The molecule has 6 nitrogen and oxygen atoms in total. The molecule has 2 atom stereocenters. The Morgan fingerprint density at radius 1 is 1.40 bits per heavy atom. The van der Waals surface area contributed by atoms with Gasteiger partial charge in [-0.05, 0) is 31.0 Å². The Balaban J connectivity index is 1.96. The van der Waals surface area contributed by atoms with Gasteiger partial charge in [-0.25, -0.2) is 0 Å². The number of hydrogen-bond donors (Lipinski definition) is 3. The fourth-order valence-corrected chi connectivity index (χ4v) is 2.04. The maximum atomic E-state index is 11.5. The van der Waals surface area contributed by atoms with Crippen molar-refractivity contribution in [3.8, 4) is 0 Å². The van der Waals surface area contributed by atoms with E-state index in [0.717, 1.165) is 5.56 Å². The Bertz CT molecular complexity index is 537. The number of carbonyl (C=O) groups excluding carboxylic acids is 3. The van der Waals surface area contributed by atoms with Crippen LogP contribution in [0.1, 0.15) is 18.9 Å². The largest absolute Gasteiger partial charge is 0.325 e. The van der Waals surface area contributed by atoms with Gasteiger partial charge in [0.1, 0.15) is 0 Å². The molecule has 1 saturated heterocycles. The minimum absolute atomic E-state index is 0.218. The lowest BCUT2D eigenvalue weighted by molar-refractivity contribution is -0.125. The molecular weight excluding hydrogens is 258 g/mol. The van der Waals surface area contributed by atoms with Crippen LogP contribution in [0.3, 0.4) is 0 Å². The van der Waals surface area contributed by atoms with Crippen LogP contribution in [0.15, 0.2) is 24.3 Å². The second kappa shape index (κ2) is 5.83. The highest BCUT2D eigenvalue weighted by Crippen LogP contribution is 2.18. The van der Waals surface area contributed by atoms with Gasteiger partial charge in [-0.2, -0.15) is 0 Å². The molecule has 0 aromatic heterocycles. The van der Waals surface area contributed by atoms with Crippen molar-refractivity contribution in [1.29, 1.82) is 0 Å². The van der Waals surface area contributed by atoms with E-state index in [2.05, 4.69) is 10.6 Å². The van der Waals surface area contributed by atoms with E-state index in [-0.39, 0.29) is 30.1 Å². The molecule has 1 heterocycles. The van der Waals surface area contributed by atoms with Crippen molar-refractivity contribution in [2.75, 3.05) is 5.32 Å². The molecule has 1 aromatic rings. The number of nitrogens with one attached hydrogen (secondary N) is 2. The zero-order valence-corrected chi connectivity index (χ0v) is 11.2. The van der Waals surface area contributed by atoms with Crippen LogP contribution in [-0.4, -0.2) is 23.8 Å². The number of hydrogen-bond acceptors (Lipinski definition) is 4. The SMILES string of the molecule is C[C@@H](N)C(=O)Nc1ccc(CC2CC(=O)NC2=O)cc1. The maximum absolute atomic E-state index is 11.5. The fourth-order valence-electron chi connectivity index (χ4n) is 2.04. The number of amides is 3. The van der Waals surface area contributed by atoms with Crippen molar-refractivity contribution in [3.05, 3.63) is 29.8 Å². The quantitative estimate of drug-likeness (QED) is 0.682. The van der Waals surface area contributed by atoms with Gasteiger partial charge in [0.05, 0.1) is 12.0 Å². The molecule has 20 heavy (non-hydrogen) atoms. The summed E-state index contributed by atoms with van der Waals surface area (Å²) in [5.41, 5.74) is 7.06. The topological polar surface area (TPSA) is 101 Å².